The summed E-state index contributed by atoms with van der Waals surface area (Å²) in [4.78, 5) is 27.8. The molecule has 1 aliphatic rings. The molecule has 1 saturated heterocycles. The number of carbonyl (C=O) groups is 1. The van der Waals surface area contributed by atoms with Crippen molar-refractivity contribution < 1.29 is 4.79 Å². The SMILES string of the molecule is Cc1ccc2c(c1)nc(CNc1cnc(C(=O)N3CCCNCC3)cn1)n2C. The first-order valence-corrected chi connectivity index (χ1v) is 9.60. The number of benzene rings is 1. The Balaban J connectivity index is 1.42. The molecule has 0 aliphatic carbocycles. The van der Waals surface area contributed by atoms with Gasteiger partial charge in [-0.25, -0.2) is 15.0 Å². The lowest BCUT2D eigenvalue weighted by Crippen LogP contribution is -2.34. The summed E-state index contributed by atoms with van der Waals surface area (Å²) in [6.45, 7) is 5.81. The molecule has 8 heteroatoms. The number of hydrogen-bond donors (Lipinski definition) is 2. The van der Waals surface area contributed by atoms with Crippen LogP contribution >= 0.6 is 0 Å². The monoisotopic (exact) mass is 379 g/mol. The number of nitrogens with one attached hydrogen (secondary N) is 2. The lowest BCUT2D eigenvalue weighted by molar-refractivity contribution is 0.0760. The summed E-state index contributed by atoms with van der Waals surface area (Å²) in [5.74, 6) is 1.48. The van der Waals surface area contributed by atoms with Crippen LogP contribution in [0, 0.1) is 6.92 Å². The van der Waals surface area contributed by atoms with Crippen molar-refractivity contribution in [2.45, 2.75) is 19.9 Å². The molecule has 0 atom stereocenters. The van der Waals surface area contributed by atoms with Crippen molar-refractivity contribution in [1.82, 2.24) is 29.7 Å². The van der Waals surface area contributed by atoms with Gasteiger partial charge in [-0.3, -0.25) is 4.79 Å². The van der Waals surface area contributed by atoms with Gasteiger partial charge in [-0.15, -0.1) is 0 Å². The summed E-state index contributed by atoms with van der Waals surface area (Å²) in [5.41, 5.74) is 3.65. The second-order valence-corrected chi connectivity index (χ2v) is 7.12. The van der Waals surface area contributed by atoms with Crippen LogP contribution in [0.15, 0.2) is 30.6 Å². The van der Waals surface area contributed by atoms with E-state index in [9.17, 15) is 4.79 Å². The van der Waals surface area contributed by atoms with Gasteiger partial charge in [0.1, 0.15) is 17.3 Å². The molecule has 8 nitrogen and oxygen atoms in total. The Morgan fingerprint density at radius 1 is 1.21 bits per heavy atom. The van der Waals surface area contributed by atoms with Crippen LogP contribution in [0.4, 0.5) is 5.82 Å². The second-order valence-electron chi connectivity index (χ2n) is 7.12. The van der Waals surface area contributed by atoms with Crippen molar-refractivity contribution >= 4 is 22.8 Å². The highest BCUT2D eigenvalue weighted by Crippen LogP contribution is 2.17. The van der Waals surface area contributed by atoms with Gasteiger partial charge < -0.3 is 20.1 Å². The van der Waals surface area contributed by atoms with Crippen LogP contribution in [0.2, 0.25) is 0 Å². The van der Waals surface area contributed by atoms with Crippen LogP contribution in [0.3, 0.4) is 0 Å². The van der Waals surface area contributed by atoms with Crippen LogP contribution in [-0.2, 0) is 13.6 Å². The predicted molar refractivity (Wildman–Crippen MR) is 108 cm³/mol. The lowest BCUT2D eigenvalue weighted by Gasteiger charge is -2.19. The molecule has 0 radical (unpaired) electrons. The molecule has 1 aromatic carbocycles. The summed E-state index contributed by atoms with van der Waals surface area (Å²) >= 11 is 0. The molecule has 1 fully saturated rings. The number of nitrogens with zero attached hydrogens (tertiary/aromatic N) is 5. The Hall–Kier alpha value is -3.00. The minimum Gasteiger partial charge on any atom is -0.362 e. The molecule has 0 unspecified atom stereocenters. The van der Waals surface area contributed by atoms with Crippen molar-refractivity contribution in [3.05, 3.63) is 47.7 Å². The number of carbonyl (C=O) groups excluding carboxylic acids is 1. The Bertz CT molecular complexity index is 972. The largest absolute Gasteiger partial charge is 0.362 e. The molecule has 0 spiro atoms. The molecule has 4 rings (SSSR count). The minimum atomic E-state index is -0.0616. The van der Waals surface area contributed by atoms with Gasteiger partial charge in [0.25, 0.3) is 5.91 Å². The Labute approximate surface area is 164 Å². The molecular weight excluding hydrogens is 354 g/mol. The normalized spacial score (nSPS) is 14.9. The standard InChI is InChI=1S/C20H25N7O/c1-14-4-5-17-15(10-14)25-19(26(17)2)13-24-18-12-22-16(11-23-18)20(28)27-8-3-6-21-7-9-27/h4-5,10-12,21H,3,6-9,13H2,1-2H3,(H,23,24). The zero-order valence-electron chi connectivity index (χ0n) is 16.3. The third-order valence-electron chi connectivity index (χ3n) is 5.05. The number of fused-ring (bicyclic) bond motifs is 1. The van der Waals surface area contributed by atoms with Crippen molar-refractivity contribution in [2.75, 3.05) is 31.5 Å². The quantitative estimate of drug-likeness (QED) is 0.718. The summed E-state index contributed by atoms with van der Waals surface area (Å²) in [6, 6.07) is 6.25. The van der Waals surface area contributed by atoms with Crippen LogP contribution in [0.25, 0.3) is 11.0 Å². The van der Waals surface area contributed by atoms with Crippen molar-refractivity contribution in [2.24, 2.45) is 7.05 Å². The first-order chi connectivity index (χ1) is 13.6. The maximum absolute atomic E-state index is 12.6. The molecule has 0 bridgehead atoms. The summed E-state index contributed by atoms with van der Waals surface area (Å²) in [5, 5.41) is 6.54. The summed E-state index contributed by atoms with van der Waals surface area (Å²) in [7, 11) is 2.01. The van der Waals surface area contributed by atoms with Crippen molar-refractivity contribution in [3.63, 3.8) is 0 Å². The first-order valence-electron chi connectivity index (χ1n) is 9.60. The Kier molecular flexibility index (Phi) is 5.21. The average Bonchev–Trinajstić information content (AvgIpc) is 2.89. The maximum atomic E-state index is 12.6. The third kappa shape index (κ3) is 3.82. The van der Waals surface area contributed by atoms with E-state index in [4.69, 9.17) is 0 Å². The number of anilines is 1. The van der Waals surface area contributed by atoms with Gasteiger partial charge in [0, 0.05) is 26.7 Å². The number of rotatable bonds is 4. The topological polar surface area (TPSA) is 88.0 Å². The van der Waals surface area contributed by atoms with Crippen LogP contribution in [-0.4, -0.2) is 56.5 Å². The fourth-order valence-corrected chi connectivity index (χ4v) is 3.43. The van der Waals surface area contributed by atoms with Gasteiger partial charge in [0.15, 0.2) is 0 Å². The molecule has 1 aliphatic heterocycles. The molecule has 3 aromatic rings. The Morgan fingerprint density at radius 3 is 2.93 bits per heavy atom. The zero-order valence-corrected chi connectivity index (χ0v) is 16.3. The van der Waals surface area contributed by atoms with Gasteiger partial charge in [0.05, 0.1) is 30.0 Å². The Morgan fingerprint density at radius 2 is 2.11 bits per heavy atom. The van der Waals surface area contributed by atoms with E-state index in [1.807, 2.05) is 11.9 Å². The van der Waals surface area contributed by atoms with Crippen LogP contribution in [0.5, 0.6) is 0 Å². The summed E-state index contributed by atoms with van der Waals surface area (Å²) < 4.78 is 2.07. The van der Waals surface area contributed by atoms with E-state index in [1.165, 1.54) is 5.56 Å². The average molecular weight is 379 g/mol. The molecular formula is C20H25N7O. The highest BCUT2D eigenvalue weighted by Gasteiger charge is 2.18. The number of amides is 1. The minimum absolute atomic E-state index is 0.0616. The summed E-state index contributed by atoms with van der Waals surface area (Å²) in [6.07, 6.45) is 4.10. The molecule has 146 valence electrons. The van der Waals surface area contributed by atoms with E-state index in [1.54, 1.807) is 12.4 Å². The molecule has 2 aromatic heterocycles. The van der Waals surface area contributed by atoms with Crippen LogP contribution < -0.4 is 10.6 Å². The van der Waals surface area contributed by atoms with Gasteiger partial charge in [-0.2, -0.15) is 0 Å². The van der Waals surface area contributed by atoms with E-state index >= 15 is 0 Å². The van der Waals surface area contributed by atoms with E-state index in [0.29, 0.717) is 24.6 Å². The van der Waals surface area contributed by atoms with Crippen molar-refractivity contribution in [3.8, 4) is 0 Å². The number of hydrogen-bond acceptors (Lipinski definition) is 6. The van der Waals surface area contributed by atoms with Crippen molar-refractivity contribution in [1.29, 1.82) is 0 Å². The molecule has 3 heterocycles. The fraction of sp³-hybridized carbons (Fsp3) is 0.400. The number of aromatic nitrogens is 4. The number of aryl methyl sites for hydroxylation is 2. The van der Waals surface area contributed by atoms with E-state index in [-0.39, 0.29) is 5.91 Å². The smallest absolute Gasteiger partial charge is 0.274 e. The molecule has 28 heavy (non-hydrogen) atoms. The van der Waals surface area contributed by atoms with E-state index < -0.39 is 0 Å². The van der Waals surface area contributed by atoms with Gasteiger partial charge in [0.2, 0.25) is 0 Å². The molecule has 2 N–H and O–H groups in total. The molecule has 1 amide bonds. The van der Waals surface area contributed by atoms with E-state index in [2.05, 4.69) is 55.3 Å². The van der Waals surface area contributed by atoms with Gasteiger partial charge in [-0.05, 0) is 37.6 Å². The highest BCUT2D eigenvalue weighted by molar-refractivity contribution is 5.92. The fourth-order valence-electron chi connectivity index (χ4n) is 3.43. The van der Waals surface area contributed by atoms with Gasteiger partial charge >= 0.3 is 0 Å². The van der Waals surface area contributed by atoms with E-state index in [0.717, 1.165) is 42.9 Å². The highest BCUT2D eigenvalue weighted by atomic mass is 16.2. The zero-order chi connectivity index (χ0) is 19.5. The molecule has 0 saturated carbocycles. The third-order valence-corrected chi connectivity index (χ3v) is 5.05. The number of imidazole rings is 1. The second kappa shape index (κ2) is 7.93. The maximum Gasteiger partial charge on any atom is 0.274 e. The van der Waals surface area contributed by atoms with Crippen LogP contribution in [0.1, 0.15) is 28.3 Å². The first kappa shape index (κ1) is 18.4. The predicted octanol–water partition coefficient (Wildman–Crippen LogP) is 1.72. The van der Waals surface area contributed by atoms with Gasteiger partial charge in [-0.1, -0.05) is 6.07 Å². The lowest BCUT2D eigenvalue weighted by atomic mass is 10.2.